The van der Waals surface area contributed by atoms with Crippen LogP contribution in [-0.4, -0.2) is 11.1 Å². The Hall–Kier alpha value is -0.180. The van der Waals surface area contributed by atoms with Crippen molar-refractivity contribution in [3.05, 3.63) is 0 Å². The van der Waals surface area contributed by atoms with Gasteiger partial charge in [0.05, 0.1) is 5.92 Å². The van der Waals surface area contributed by atoms with Crippen LogP contribution in [0, 0.1) is 23.7 Å². The summed E-state index contributed by atoms with van der Waals surface area (Å²) in [4.78, 5) is 10.7. The van der Waals surface area contributed by atoms with Crippen molar-refractivity contribution in [1.82, 2.24) is 0 Å². The Morgan fingerprint density at radius 3 is 2.15 bits per heavy atom. The number of rotatable bonds is 2. The molecule has 2 fully saturated rings. The van der Waals surface area contributed by atoms with Gasteiger partial charge in [-0.1, -0.05) is 19.8 Å². The van der Waals surface area contributed by atoms with E-state index in [0.717, 1.165) is 11.8 Å². The number of carbonyl (C=O) groups is 1. The van der Waals surface area contributed by atoms with Crippen LogP contribution in [0.1, 0.15) is 32.6 Å². The minimum absolute atomic E-state index is 0. The second kappa shape index (κ2) is 3.91. The molecule has 2 aliphatic rings. The first kappa shape index (κ1) is 10.9. The van der Waals surface area contributed by atoms with Gasteiger partial charge in [-0.05, 0) is 30.6 Å². The number of fused-ring (bicyclic) bond motifs is 1. The van der Waals surface area contributed by atoms with Gasteiger partial charge in [-0.2, -0.15) is 13.5 Å². The summed E-state index contributed by atoms with van der Waals surface area (Å²) in [6.07, 6.45) is 5.22. The number of hydrogen-bond acceptors (Lipinski definition) is 1. The van der Waals surface area contributed by atoms with Crippen LogP contribution >= 0.6 is 13.5 Å². The summed E-state index contributed by atoms with van der Waals surface area (Å²) in [5.74, 6) is 1.35. The molecule has 0 aliphatic heterocycles. The van der Waals surface area contributed by atoms with Gasteiger partial charge in [0, 0.05) is 0 Å². The van der Waals surface area contributed by atoms with Gasteiger partial charge < -0.3 is 5.11 Å². The van der Waals surface area contributed by atoms with E-state index in [1.165, 1.54) is 25.7 Å². The summed E-state index contributed by atoms with van der Waals surface area (Å²) in [6, 6.07) is 0. The molecular formula is C10H18O2S. The van der Waals surface area contributed by atoms with Crippen LogP contribution in [0.4, 0.5) is 0 Å². The van der Waals surface area contributed by atoms with Crippen molar-refractivity contribution in [2.45, 2.75) is 32.6 Å². The Bertz CT molecular complexity index is 193. The zero-order valence-corrected chi connectivity index (χ0v) is 8.99. The molecule has 3 heteroatoms. The molecule has 0 aromatic heterocycles. The molecule has 1 N–H and O–H groups in total. The average Bonchev–Trinajstić information content (AvgIpc) is 2.76. The standard InChI is InChI=1S/C10H16O2.H2S/c1-6(10(11)12)9-7-4-2-3-5-8(7)9;/h6-9H,2-5H2,1H3,(H,11,12);1H2/t6-,7?,8?,9?;/m0./s1. The van der Waals surface area contributed by atoms with Crippen LogP contribution in [0.15, 0.2) is 0 Å². The van der Waals surface area contributed by atoms with Crippen molar-refractivity contribution < 1.29 is 9.90 Å². The lowest BCUT2D eigenvalue weighted by Gasteiger charge is -2.04. The smallest absolute Gasteiger partial charge is 0.306 e. The maximum absolute atomic E-state index is 10.7. The van der Waals surface area contributed by atoms with E-state index >= 15 is 0 Å². The van der Waals surface area contributed by atoms with Crippen LogP contribution in [0.5, 0.6) is 0 Å². The molecule has 76 valence electrons. The molecule has 0 heterocycles. The summed E-state index contributed by atoms with van der Waals surface area (Å²) < 4.78 is 0. The van der Waals surface area contributed by atoms with Gasteiger partial charge in [0.1, 0.15) is 0 Å². The molecule has 2 unspecified atom stereocenters. The summed E-state index contributed by atoms with van der Waals surface area (Å²) in [5.41, 5.74) is 0. The first-order valence-corrected chi connectivity index (χ1v) is 4.94. The molecule has 0 aromatic rings. The number of aliphatic carboxylic acids is 1. The van der Waals surface area contributed by atoms with Crippen molar-refractivity contribution in [3.63, 3.8) is 0 Å². The van der Waals surface area contributed by atoms with Gasteiger partial charge >= 0.3 is 5.97 Å². The highest BCUT2D eigenvalue weighted by molar-refractivity contribution is 7.59. The lowest BCUT2D eigenvalue weighted by atomic mass is 10.0. The third-order valence-corrected chi connectivity index (χ3v) is 3.69. The fraction of sp³-hybridized carbons (Fsp3) is 0.900. The van der Waals surface area contributed by atoms with Gasteiger partial charge in [0.2, 0.25) is 0 Å². The highest BCUT2D eigenvalue weighted by Crippen LogP contribution is 2.58. The Labute approximate surface area is 86.2 Å². The third-order valence-electron chi connectivity index (χ3n) is 3.69. The van der Waals surface area contributed by atoms with E-state index in [4.69, 9.17) is 5.11 Å². The van der Waals surface area contributed by atoms with Crippen molar-refractivity contribution in [2.75, 3.05) is 0 Å². The van der Waals surface area contributed by atoms with E-state index in [9.17, 15) is 4.79 Å². The van der Waals surface area contributed by atoms with Gasteiger partial charge in [-0.15, -0.1) is 0 Å². The second-order valence-electron chi connectivity index (χ2n) is 4.32. The molecule has 0 spiro atoms. The summed E-state index contributed by atoms with van der Waals surface area (Å²) in [5, 5.41) is 8.84. The van der Waals surface area contributed by atoms with E-state index in [0.29, 0.717) is 5.92 Å². The summed E-state index contributed by atoms with van der Waals surface area (Å²) in [6.45, 7) is 1.87. The van der Waals surface area contributed by atoms with Crippen molar-refractivity contribution in [2.24, 2.45) is 23.7 Å². The molecule has 2 nitrogen and oxygen atoms in total. The minimum atomic E-state index is -0.602. The molecular weight excluding hydrogens is 184 g/mol. The number of carboxylic acids is 1. The third kappa shape index (κ3) is 1.85. The molecule has 0 saturated heterocycles. The maximum atomic E-state index is 10.7. The predicted molar refractivity (Wildman–Crippen MR) is 56.1 cm³/mol. The SMILES string of the molecule is C[C@H](C(=O)O)C1C2CCCCC21.S. The highest BCUT2D eigenvalue weighted by atomic mass is 32.1. The summed E-state index contributed by atoms with van der Waals surface area (Å²) >= 11 is 0. The van der Waals surface area contributed by atoms with Crippen LogP contribution in [-0.2, 0) is 4.79 Å². The Morgan fingerprint density at radius 1 is 1.31 bits per heavy atom. The van der Waals surface area contributed by atoms with Crippen LogP contribution in [0.2, 0.25) is 0 Å². The quantitative estimate of drug-likeness (QED) is 0.745. The fourth-order valence-electron chi connectivity index (χ4n) is 2.95. The van der Waals surface area contributed by atoms with Gasteiger partial charge in [-0.25, -0.2) is 0 Å². The highest BCUT2D eigenvalue weighted by Gasteiger charge is 2.54. The van der Waals surface area contributed by atoms with E-state index in [-0.39, 0.29) is 19.4 Å². The molecule has 2 rings (SSSR count). The van der Waals surface area contributed by atoms with E-state index < -0.39 is 5.97 Å². The van der Waals surface area contributed by atoms with Crippen LogP contribution in [0.3, 0.4) is 0 Å². The lowest BCUT2D eigenvalue weighted by molar-refractivity contribution is -0.142. The molecule has 3 atom stereocenters. The number of hydrogen-bond donors (Lipinski definition) is 1. The zero-order valence-electron chi connectivity index (χ0n) is 7.99. The fourth-order valence-corrected chi connectivity index (χ4v) is 2.95. The maximum Gasteiger partial charge on any atom is 0.306 e. The normalized spacial score (nSPS) is 38.4. The Morgan fingerprint density at radius 2 is 1.77 bits per heavy atom. The van der Waals surface area contributed by atoms with Gasteiger partial charge in [-0.3, -0.25) is 4.79 Å². The monoisotopic (exact) mass is 202 g/mol. The molecule has 0 aromatic carbocycles. The molecule has 0 radical (unpaired) electrons. The van der Waals surface area contributed by atoms with E-state index in [1.807, 2.05) is 6.92 Å². The van der Waals surface area contributed by atoms with Gasteiger partial charge in [0.25, 0.3) is 0 Å². The number of carboxylic acid groups (broad SMARTS) is 1. The van der Waals surface area contributed by atoms with E-state index in [2.05, 4.69) is 0 Å². The molecule has 2 aliphatic carbocycles. The lowest BCUT2D eigenvalue weighted by Crippen LogP contribution is -2.13. The second-order valence-corrected chi connectivity index (χ2v) is 4.32. The molecule has 0 amide bonds. The Kier molecular flexibility index (Phi) is 3.28. The van der Waals surface area contributed by atoms with Crippen molar-refractivity contribution >= 4 is 19.5 Å². The molecule has 0 bridgehead atoms. The molecule has 2 saturated carbocycles. The zero-order chi connectivity index (χ0) is 8.72. The Balaban J connectivity index is 0.000000845. The first-order valence-electron chi connectivity index (χ1n) is 4.94. The van der Waals surface area contributed by atoms with Crippen LogP contribution in [0.25, 0.3) is 0 Å². The predicted octanol–water partition coefficient (Wildman–Crippen LogP) is 2.26. The molecule has 13 heavy (non-hydrogen) atoms. The minimum Gasteiger partial charge on any atom is -0.481 e. The van der Waals surface area contributed by atoms with Crippen LogP contribution < -0.4 is 0 Å². The average molecular weight is 202 g/mol. The topological polar surface area (TPSA) is 37.3 Å². The van der Waals surface area contributed by atoms with Crippen molar-refractivity contribution in [3.8, 4) is 0 Å². The largest absolute Gasteiger partial charge is 0.481 e. The van der Waals surface area contributed by atoms with E-state index in [1.54, 1.807) is 0 Å². The van der Waals surface area contributed by atoms with Gasteiger partial charge in [0.15, 0.2) is 0 Å². The first-order chi connectivity index (χ1) is 5.72. The van der Waals surface area contributed by atoms with Crippen molar-refractivity contribution in [1.29, 1.82) is 0 Å². The summed E-state index contributed by atoms with van der Waals surface area (Å²) in [7, 11) is 0.